The summed E-state index contributed by atoms with van der Waals surface area (Å²) in [5, 5.41) is 12.9. The van der Waals surface area contributed by atoms with Gasteiger partial charge in [0, 0.05) is 12.6 Å². The number of phenols is 1. The van der Waals surface area contributed by atoms with Gasteiger partial charge in [0.05, 0.1) is 22.9 Å². The van der Waals surface area contributed by atoms with Crippen LogP contribution in [0.4, 0.5) is 0 Å². The SMILES string of the molecule is CC(NCc1cnc2ccccc2n1)c1cccc(O)c1. The molecule has 0 saturated carbocycles. The highest BCUT2D eigenvalue weighted by Gasteiger charge is 2.06. The molecule has 0 radical (unpaired) electrons. The summed E-state index contributed by atoms with van der Waals surface area (Å²) in [4.78, 5) is 8.99. The maximum Gasteiger partial charge on any atom is 0.115 e. The molecule has 2 aromatic carbocycles. The second-order valence-corrected chi connectivity index (χ2v) is 5.05. The Kier molecular flexibility index (Phi) is 3.79. The van der Waals surface area contributed by atoms with Crippen LogP contribution in [0.2, 0.25) is 0 Å². The van der Waals surface area contributed by atoms with Gasteiger partial charge in [0.15, 0.2) is 0 Å². The van der Waals surface area contributed by atoms with Crippen LogP contribution in [0.1, 0.15) is 24.2 Å². The van der Waals surface area contributed by atoms with Crippen molar-refractivity contribution in [2.24, 2.45) is 0 Å². The fraction of sp³-hybridized carbons (Fsp3) is 0.176. The van der Waals surface area contributed by atoms with Gasteiger partial charge in [-0.25, -0.2) is 4.98 Å². The maximum atomic E-state index is 9.52. The lowest BCUT2D eigenvalue weighted by Crippen LogP contribution is -2.18. The van der Waals surface area contributed by atoms with Crippen molar-refractivity contribution in [3.05, 3.63) is 66.0 Å². The van der Waals surface area contributed by atoms with Crippen LogP contribution in [0, 0.1) is 0 Å². The molecule has 0 amide bonds. The molecule has 3 rings (SSSR count). The summed E-state index contributed by atoms with van der Waals surface area (Å²) in [5.41, 5.74) is 3.76. The van der Waals surface area contributed by atoms with Gasteiger partial charge in [-0.15, -0.1) is 0 Å². The molecule has 0 bridgehead atoms. The van der Waals surface area contributed by atoms with Crippen LogP contribution in [-0.4, -0.2) is 15.1 Å². The average molecular weight is 279 g/mol. The standard InChI is InChI=1S/C17H17N3O/c1-12(13-5-4-6-15(21)9-13)18-10-14-11-19-16-7-2-3-8-17(16)20-14/h2-9,11-12,18,21H,10H2,1H3. The first kappa shape index (κ1) is 13.5. The van der Waals surface area contributed by atoms with Crippen molar-refractivity contribution < 1.29 is 5.11 Å². The molecule has 0 aliphatic carbocycles. The van der Waals surface area contributed by atoms with E-state index < -0.39 is 0 Å². The summed E-state index contributed by atoms with van der Waals surface area (Å²) in [6.07, 6.45) is 1.80. The van der Waals surface area contributed by atoms with E-state index >= 15 is 0 Å². The van der Waals surface area contributed by atoms with Crippen LogP contribution < -0.4 is 5.32 Å². The number of fused-ring (bicyclic) bond motifs is 1. The van der Waals surface area contributed by atoms with Crippen LogP contribution in [0.3, 0.4) is 0 Å². The van der Waals surface area contributed by atoms with Crippen molar-refractivity contribution in [3.63, 3.8) is 0 Å². The Morgan fingerprint density at radius 3 is 2.71 bits per heavy atom. The van der Waals surface area contributed by atoms with Crippen LogP contribution in [0.25, 0.3) is 11.0 Å². The molecule has 2 N–H and O–H groups in total. The number of benzene rings is 2. The summed E-state index contributed by atoms with van der Waals surface area (Å²) in [7, 11) is 0. The van der Waals surface area contributed by atoms with Crippen LogP contribution in [0.15, 0.2) is 54.7 Å². The summed E-state index contributed by atoms with van der Waals surface area (Å²) < 4.78 is 0. The number of aromatic nitrogens is 2. The third-order valence-corrected chi connectivity index (χ3v) is 3.46. The number of nitrogens with zero attached hydrogens (tertiary/aromatic N) is 2. The molecule has 1 aromatic heterocycles. The number of rotatable bonds is 4. The lowest BCUT2D eigenvalue weighted by molar-refractivity contribution is 0.472. The molecule has 0 fully saturated rings. The number of phenolic OH excluding ortho intramolecular Hbond substituents is 1. The molecule has 0 aliphatic rings. The molecular weight excluding hydrogens is 262 g/mol. The first-order valence-electron chi connectivity index (χ1n) is 6.95. The predicted octanol–water partition coefficient (Wildman–Crippen LogP) is 3.19. The summed E-state index contributed by atoms with van der Waals surface area (Å²) in [6, 6.07) is 15.2. The van der Waals surface area contributed by atoms with Crippen molar-refractivity contribution in [1.82, 2.24) is 15.3 Å². The normalized spacial score (nSPS) is 12.4. The van der Waals surface area contributed by atoms with Gasteiger partial charge in [-0.2, -0.15) is 0 Å². The van der Waals surface area contributed by atoms with Gasteiger partial charge in [-0.3, -0.25) is 4.98 Å². The van der Waals surface area contributed by atoms with E-state index in [9.17, 15) is 5.11 Å². The molecule has 4 heteroatoms. The molecule has 0 saturated heterocycles. The maximum absolute atomic E-state index is 9.52. The predicted molar refractivity (Wildman–Crippen MR) is 82.9 cm³/mol. The largest absolute Gasteiger partial charge is 0.508 e. The minimum atomic E-state index is 0.130. The second kappa shape index (κ2) is 5.89. The second-order valence-electron chi connectivity index (χ2n) is 5.05. The molecule has 106 valence electrons. The topological polar surface area (TPSA) is 58.0 Å². The van der Waals surface area contributed by atoms with E-state index in [-0.39, 0.29) is 11.8 Å². The van der Waals surface area contributed by atoms with E-state index in [0.717, 1.165) is 22.3 Å². The fourth-order valence-corrected chi connectivity index (χ4v) is 2.25. The number of para-hydroxylation sites is 2. The first-order chi connectivity index (χ1) is 10.2. The smallest absolute Gasteiger partial charge is 0.115 e. The van der Waals surface area contributed by atoms with Gasteiger partial charge in [0.1, 0.15) is 5.75 Å². The van der Waals surface area contributed by atoms with Gasteiger partial charge in [0.2, 0.25) is 0 Å². The molecule has 3 aromatic rings. The Hall–Kier alpha value is -2.46. The third-order valence-electron chi connectivity index (χ3n) is 3.46. The van der Waals surface area contributed by atoms with Gasteiger partial charge < -0.3 is 10.4 Å². The zero-order chi connectivity index (χ0) is 14.7. The summed E-state index contributed by atoms with van der Waals surface area (Å²) in [6.45, 7) is 2.69. The van der Waals surface area contributed by atoms with E-state index in [4.69, 9.17) is 0 Å². The van der Waals surface area contributed by atoms with Crippen LogP contribution >= 0.6 is 0 Å². The Labute approximate surface area is 123 Å². The minimum absolute atomic E-state index is 0.130. The molecule has 21 heavy (non-hydrogen) atoms. The molecule has 0 aliphatic heterocycles. The Bertz CT molecular complexity index is 758. The van der Waals surface area contributed by atoms with Crippen LogP contribution in [0.5, 0.6) is 5.75 Å². The zero-order valence-electron chi connectivity index (χ0n) is 11.8. The summed E-state index contributed by atoms with van der Waals surface area (Å²) in [5.74, 6) is 0.284. The first-order valence-corrected chi connectivity index (χ1v) is 6.95. The third kappa shape index (κ3) is 3.17. The molecule has 1 unspecified atom stereocenters. The highest BCUT2D eigenvalue weighted by atomic mass is 16.3. The van der Waals surface area contributed by atoms with Crippen molar-refractivity contribution >= 4 is 11.0 Å². The van der Waals surface area contributed by atoms with Crippen molar-refractivity contribution in [1.29, 1.82) is 0 Å². The van der Waals surface area contributed by atoms with E-state index in [0.29, 0.717) is 6.54 Å². The Morgan fingerprint density at radius 2 is 1.90 bits per heavy atom. The van der Waals surface area contributed by atoms with Gasteiger partial charge in [-0.1, -0.05) is 24.3 Å². The van der Waals surface area contributed by atoms with E-state index in [1.165, 1.54) is 0 Å². The average Bonchev–Trinajstić information content (AvgIpc) is 2.52. The highest BCUT2D eigenvalue weighted by Crippen LogP contribution is 2.18. The number of aromatic hydroxyl groups is 1. The van der Waals surface area contributed by atoms with Gasteiger partial charge in [-0.05, 0) is 36.8 Å². The lowest BCUT2D eigenvalue weighted by Gasteiger charge is -2.14. The van der Waals surface area contributed by atoms with Crippen LogP contribution in [-0.2, 0) is 6.54 Å². The van der Waals surface area contributed by atoms with E-state index in [1.807, 2.05) is 36.4 Å². The van der Waals surface area contributed by atoms with Crippen molar-refractivity contribution in [3.8, 4) is 5.75 Å². The van der Waals surface area contributed by atoms with E-state index in [1.54, 1.807) is 18.3 Å². The Balaban J connectivity index is 1.71. The molecule has 0 spiro atoms. The van der Waals surface area contributed by atoms with Gasteiger partial charge >= 0.3 is 0 Å². The molecule has 4 nitrogen and oxygen atoms in total. The lowest BCUT2D eigenvalue weighted by atomic mass is 10.1. The zero-order valence-corrected chi connectivity index (χ0v) is 11.8. The van der Waals surface area contributed by atoms with Crippen molar-refractivity contribution in [2.75, 3.05) is 0 Å². The van der Waals surface area contributed by atoms with E-state index in [2.05, 4.69) is 22.2 Å². The number of hydrogen-bond donors (Lipinski definition) is 2. The number of nitrogens with one attached hydrogen (secondary N) is 1. The minimum Gasteiger partial charge on any atom is -0.508 e. The Morgan fingerprint density at radius 1 is 1.10 bits per heavy atom. The highest BCUT2D eigenvalue weighted by molar-refractivity contribution is 5.73. The fourth-order valence-electron chi connectivity index (χ4n) is 2.25. The summed E-state index contributed by atoms with van der Waals surface area (Å²) >= 11 is 0. The van der Waals surface area contributed by atoms with Gasteiger partial charge in [0.25, 0.3) is 0 Å². The molecular formula is C17H17N3O. The molecule has 1 heterocycles. The monoisotopic (exact) mass is 279 g/mol. The van der Waals surface area contributed by atoms with Crippen molar-refractivity contribution in [2.45, 2.75) is 19.5 Å². The quantitative estimate of drug-likeness (QED) is 0.770. The molecule has 1 atom stereocenters. The number of hydrogen-bond acceptors (Lipinski definition) is 4.